The summed E-state index contributed by atoms with van der Waals surface area (Å²) in [5.41, 5.74) is 5.14. The van der Waals surface area contributed by atoms with Crippen molar-refractivity contribution in [2.24, 2.45) is 0 Å². The molecule has 1 amide bonds. The highest BCUT2D eigenvalue weighted by Crippen LogP contribution is 2.38. The molecule has 3 aromatic rings. The highest BCUT2D eigenvalue weighted by molar-refractivity contribution is 5.85. The van der Waals surface area contributed by atoms with E-state index >= 15 is 0 Å². The summed E-state index contributed by atoms with van der Waals surface area (Å²) in [5, 5.41) is 14.7. The molecule has 0 saturated carbocycles. The van der Waals surface area contributed by atoms with Crippen LogP contribution in [0.1, 0.15) is 41.1 Å². The van der Waals surface area contributed by atoms with Crippen LogP contribution in [0, 0.1) is 0 Å². The van der Waals surface area contributed by atoms with E-state index in [0.717, 1.165) is 47.3 Å². The number of rotatable bonds is 2. The van der Waals surface area contributed by atoms with Gasteiger partial charge in [0.2, 0.25) is 5.91 Å². The summed E-state index contributed by atoms with van der Waals surface area (Å²) in [6.07, 6.45) is 4.48. The van der Waals surface area contributed by atoms with Gasteiger partial charge in [-0.2, -0.15) is 5.10 Å². The van der Waals surface area contributed by atoms with Crippen molar-refractivity contribution in [1.29, 1.82) is 0 Å². The Balaban J connectivity index is 1.42. The molecule has 0 saturated heterocycles. The molecule has 1 atom stereocenters. The molecule has 1 unspecified atom stereocenters. The van der Waals surface area contributed by atoms with Gasteiger partial charge in [0.05, 0.1) is 30.0 Å². The fourth-order valence-corrected chi connectivity index (χ4v) is 4.40. The quantitative estimate of drug-likeness (QED) is 0.761. The van der Waals surface area contributed by atoms with E-state index in [-0.39, 0.29) is 11.8 Å². The number of aromatic hydroxyl groups is 1. The van der Waals surface area contributed by atoms with E-state index in [1.54, 1.807) is 6.07 Å². The molecule has 0 radical (unpaired) electrons. The first-order valence-electron chi connectivity index (χ1n) is 9.43. The number of para-hydroxylation sites is 1. The number of amides is 1. The van der Waals surface area contributed by atoms with E-state index < -0.39 is 0 Å². The monoisotopic (exact) mass is 359 g/mol. The van der Waals surface area contributed by atoms with Crippen LogP contribution < -0.4 is 0 Å². The molecule has 2 aliphatic rings. The Hall–Kier alpha value is -3.08. The molecule has 0 fully saturated rings. The Bertz CT molecular complexity index is 1010. The van der Waals surface area contributed by atoms with Crippen LogP contribution in [-0.4, -0.2) is 25.7 Å². The second-order valence-electron chi connectivity index (χ2n) is 7.35. The lowest BCUT2D eigenvalue weighted by Gasteiger charge is -2.29. The van der Waals surface area contributed by atoms with Gasteiger partial charge in [0.1, 0.15) is 5.75 Å². The summed E-state index contributed by atoms with van der Waals surface area (Å²) in [7, 11) is 0. The first kappa shape index (κ1) is 16.1. The number of carbonyl (C=O) groups is 1. The lowest BCUT2D eigenvalue weighted by atomic mass is 9.81. The van der Waals surface area contributed by atoms with Crippen LogP contribution in [0.15, 0.2) is 54.7 Å². The maximum absolute atomic E-state index is 13.3. The number of fused-ring (bicyclic) bond motifs is 2. The predicted octanol–water partition coefficient (Wildman–Crippen LogP) is 3.54. The topological polar surface area (TPSA) is 58.4 Å². The number of phenolic OH excluding ortho intramolecular Hbond substituents is 1. The molecule has 1 aliphatic carbocycles. The fourth-order valence-electron chi connectivity index (χ4n) is 4.40. The summed E-state index contributed by atoms with van der Waals surface area (Å²) in [5.74, 6) is 0.301. The lowest BCUT2D eigenvalue weighted by Crippen LogP contribution is -2.33. The minimum atomic E-state index is -0.164. The van der Waals surface area contributed by atoms with Gasteiger partial charge in [-0.05, 0) is 48.6 Å². The minimum Gasteiger partial charge on any atom is -0.508 e. The Morgan fingerprint density at radius 3 is 2.78 bits per heavy atom. The van der Waals surface area contributed by atoms with Crippen molar-refractivity contribution in [3.05, 3.63) is 77.1 Å². The van der Waals surface area contributed by atoms with Crippen LogP contribution in [0.3, 0.4) is 0 Å². The van der Waals surface area contributed by atoms with Crippen molar-refractivity contribution < 1.29 is 9.90 Å². The number of carbonyl (C=O) groups excluding carboxylic acids is 1. The van der Waals surface area contributed by atoms with E-state index in [1.165, 1.54) is 0 Å². The second-order valence-corrected chi connectivity index (χ2v) is 7.35. The molecular weight excluding hydrogens is 338 g/mol. The second kappa shape index (κ2) is 6.27. The predicted molar refractivity (Wildman–Crippen MR) is 102 cm³/mol. The first-order chi connectivity index (χ1) is 13.2. The number of aromatic nitrogens is 2. The average Bonchev–Trinajstić information content (AvgIpc) is 3.29. The van der Waals surface area contributed by atoms with Crippen LogP contribution >= 0.6 is 0 Å². The molecular formula is C22H21N3O2. The van der Waals surface area contributed by atoms with Crippen LogP contribution in [0.2, 0.25) is 0 Å². The number of nitrogens with zero attached hydrogens (tertiary/aromatic N) is 3. The van der Waals surface area contributed by atoms with Crippen molar-refractivity contribution >= 4 is 5.91 Å². The number of benzene rings is 2. The minimum absolute atomic E-state index is 0.150. The maximum Gasteiger partial charge on any atom is 0.230 e. The molecule has 1 N–H and O–H groups in total. The van der Waals surface area contributed by atoms with Crippen LogP contribution in [0.25, 0.3) is 5.69 Å². The normalized spacial score (nSPS) is 18.2. The van der Waals surface area contributed by atoms with E-state index in [0.29, 0.717) is 18.8 Å². The average molecular weight is 359 g/mol. The van der Waals surface area contributed by atoms with E-state index in [9.17, 15) is 9.90 Å². The Kier molecular flexibility index (Phi) is 3.74. The first-order valence-corrected chi connectivity index (χ1v) is 9.43. The van der Waals surface area contributed by atoms with Gasteiger partial charge >= 0.3 is 0 Å². The van der Waals surface area contributed by atoms with Crippen molar-refractivity contribution in [2.75, 3.05) is 0 Å². The lowest BCUT2D eigenvalue weighted by molar-refractivity contribution is -0.133. The van der Waals surface area contributed by atoms with Crippen molar-refractivity contribution in [1.82, 2.24) is 14.7 Å². The molecule has 27 heavy (non-hydrogen) atoms. The molecule has 2 heterocycles. The zero-order valence-corrected chi connectivity index (χ0v) is 15.0. The summed E-state index contributed by atoms with van der Waals surface area (Å²) >= 11 is 0. The molecule has 5 nitrogen and oxygen atoms in total. The number of phenols is 1. The van der Waals surface area contributed by atoms with Crippen molar-refractivity contribution in [2.45, 2.75) is 38.3 Å². The van der Waals surface area contributed by atoms with Crippen molar-refractivity contribution in [3.63, 3.8) is 0 Å². The Labute approximate surface area is 157 Å². The van der Waals surface area contributed by atoms with Gasteiger partial charge in [-0.25, -0.2) is 4.68 Å². The summed E-state index contributed by atoms with van der Waals surface area (Å²) in [6.45, 7) is 1.18. The van der Waals surface area contributed by atoms with Crippen molar-refractivity contribution in [3.8, 4) is 11.4 Å². The van der Waals surface area contributed by atoms with Gasteiger partial charge in [-0.3, -0.25) is 4.79 Å². The van der Waals surface area contributed by atoms with E-state index in [4.69, 9.17) is 0 Å². The zero-order valence-electron chi connectivity index (χ0n) is 15.0. The smallest absolute Gasteiger partial charge is 0.230 e. The van der Waals surface area contributed by atoms with Gasteiger partial charge in [0.15, 0.2) is 0 Å². The van der Waals surface area contributed by atoms with Gasteiger partial charge in [0, 0.05) is 12.1 Å². The molecule has 0 bridgehead atoms. The van der Waals surface area contributed by atoms with E-state index in [1.807, 2.05) is 58.2 Å². The van der Waals surface area contributed by atoms with Gasteiger partial charge in [0.25, 0.3) is 0 Å². The van der Waals surface area contributed by atoms with Gasteiger partial charge in [-0.15, -0.1) is 0 Å². The summed E-state index contributed by atoms with van der Waals surface area (Å²) < 4.78 is 1.93. The Morgan fingerprint density at radius 2 is 1.93 bits per heavy atom. The van der Waals surface area contributed by atoms with Crippen LogP contribution in [0.5, 0.6) is 5.75 Å². The zero-order chi connectivity index (χ0) is 18.4. The third-order valence-electron chi connectivity index (χ3n) is 5.75. The molecule has 1 aliphatic heterocycles. The third kappa shape index (κ3) is 2.62. The van der Waals surface area contributed by atoms with Crippen LogP contribution in [-0.2, 0) is 24.3 Å². The van der Waals surface area contributed by atoms with Crippen LogP contribution in [0.4, 0.5) is 0 Å². The molecule has 1 aromatic heterocycles. The standard InChI is InChI=1S/C22H21N3O2/c26-21-11-5-8-17-18(21)9-4-10-19(17)22(27)24-13-15-12-23-25(20(15)14-24)16-6-2-1-3-7-16/h1-3,5-8,11-12,19,26H,4,9-10,13-14H2. The fraction of sp³-hybridized carbons (Fsp3) is 0.273. The molecule has 5 rings (SSSR count). The highest BCUT2D eigenvalue weighted by Gasteiger charge is 2.35. The molecule has 5 heteroatoms. The molecule has 136 valence electrons. The Morgan fingerprint density at radius 1 is 1.07 bits per heavy atom. The third-order valence-corrected chi connectivity index (χ3v) is 5.75. The van der Waals surface area contributed by atoms with Gasteiger partial charge in [-0.1, -0.05) is 30.3 Å². The highest BCUT2D eigenvalue weighted by atomic mass is 16.3. The maximum atomic E-state index is 13.3. The molecule has 2 aromatic carbocycles. The summed E-state index contributed by atoms with van der Waals surface area (Å²) in [6, 6.07) is 15.6. The van der Waals surface area contributed by atoms with Gasteiger partial charge < -0.3 is 10.0 Å². The van der Waals surface area contributed by atoms with E-state index in [2.05, 4.69) is 5.10 Å². The molecule has 0 spiro atoms. The largest absolute Gasteiger partial charge is 0.508 e. The summed E-state index contributed by atoms with van der Waals surface area (Å²) in [4.78, 5) is 15.2. The SMILES string of the molecule is O=C(C1CCCc2c(O)cccc21)N1Cc2cnn(-c3ccccc3)c2C1. The number of hydrogen-bond donors (Lipinski definition) is 1. The number of hydrogen-bond acceptors (Lipinski definition) is 3.